The Bertz CT molecular complexity index is 1100. The second kappa shape index (κ2) is 7.02. The minimum atomic E-state index is -4.40. The van der Waals surface area contributed by atoms with Gasteiger partial charge in [0.25, 0.3) is 0 Å². The number of alkyl halides is 3. The third-order valence-corrected chi connectivity index (χ3v) is 6.52. The van der Waals surface area contributed by atoms with Gasteiger partial charge in [0.1, 0.15) is 6.07 Å². The van der Waals surface area contributed by atoms with E-state index in [1.54, 1.807) is 6.21 Å². The van der Waals surface area contributed by atoms with Crippen LogP contribution in [0.4, 0.5) is 13.2 Å². The second-order valence-electron chi connectivity index (χ2n) is 8.77. The van der Waals surface area contributed by atoms with Crippen molar-refractivity contribution < 1.29 is 22.7 Å². The predicted molar refractivity (Wildman–Crippen MR) is 105 cm³/mol. The lowest BCUT2D eigenvalue weighted by atomic mass is 9.35. The molecule has 1 aliphatic heterocycles. The van der Waals surface area contributed by atoms with Crippen LogP contribution < -0.4 is 4.74 Å². The van der Waals surface area contributed by atoms with Crippen molar-refractivity contribution in [3.63, 3.8) is 0 Å². The smallest absolute Gasteiger partial charge is 0.416 e. The number of benzene rings is 1. The molecule has 3 saturated carbocycles. The van der Waals surface area contributed by atoms with Crippen molar-refractivity contribution in [2.45, 2.75) is 37.9 Å². The van der Waals surface area contributed by atoms with Crippen molar-refractivity contribution in [2.24, 2.45) is 15.9 Å². The molecule has 7 nitrogen and oxygen atoms in total. The molecule has 1 aromatic carbocycles. The molecule has 10 heteroatoms. The van der Waals surface area contributed by atoms with Gasteiger partial charge in [0.2, 0.25) is 11.8 Å². The minimum absolute atomic E-state index is 0.0848. The lowest BCUT2D eigenvalue weighted by molar-refractivity contribution is -0.227. The van der Waals surface area contributed by atoms with Crippen molar-refractivity contribution in [3.05, 3.63) is 53.5 Å². The van der Waals surface area contributed by atoms with Crippen LogP contribution in [0.1, 0.15) is 48.5 Å². The number of ether oxygens (including phenoxy) is 1. The molecule has 32 heavy (non-hydrogen) atoms. The molecule has 2 heterocycles. The molecule has 0 saturated heterocycles. The molecular weight excluding hydrogens is 423 g/mol. The number of hydrogen-bond donors (Lipinski definition) is 0. The van der Waals surface area contributed by atoms with Crippen LogP contribution in [0, 0.1) is 22.2 Å². The quantitative estimate of drug-likeness (QED) is 0.702. The third-order valence-electron chi connectivity index (χ3n) is 6.52. The van der Waals surface area contributed by atoms with Crippen molar-refractivity contribution >= 4 is 12.1 Å². The summed E-state index contributed by atoms with van der Waals surface area (Å²) >= 11 is 0. The highest BCUT2D eigenvalue weighted by Gasteiger charge is 2.73. The second-order valence-corrected chi connectivity index (χ2v) is 8.77. The monoisotopic (exact) mass is 441 g/mol. The molecule has 6 rings (SSSR count). The molecule has 3 aliphatic carbocycles. The summed E-state index contributed by atoms with van der Waals surface area (Å²) in [7, 11) is 0. The Morgan fingerprint density at radius 3 is 2.50 bits per heavy atom. The molecule has 2 bridgehead atoms. The number of rotatable bonds is 5. The van der Waals surface area contributed by atoms with E-state index in [0.29, 0.717) is 43.7 Å². The highest BCUT2D eigenvalue weighted by Crippen LogP contribution is 2.74. The van der Waals surface area contributed by atoms with Gasteiger partial charge in [-0.05, 0) is 37.0 Å². The van der Waals surface area contributed by atoms with Crippen LogP contribution in [-0.2, 0) is 11.0 Å². The standard InChI is InChI=1S/C22H18F3N5O2/c23-22(24,25)15-3-1-14(2-4-15)17-5-6-29-30(17)19(31)21-10-20(11-21,12-21)13-32-18-9-27-16(7-26)8-28-18/h1-4,6,8-9,17H,5,10-13H2. The predicted octanol–water partition coefficient (Wildman–Crippen LogP) is 3.88. The lowest BCUT2D eigenvalue weighted by Gasteiger charge is -2.69. The van der Waals surface area contributed by atoms with Crippen molar-refractivity contribution in [2.75, 3.05) is 6.61 Å². The molecular formula is C22H18F3N5O2. The van der Waals surface area contributed by atoms with Gasteiger partial charge in [-0.25, -0.2) is 15.0 Å². The fourth-order valence-electron chi connectivity index (χ4n) is 5.08. The Balaban J connectivity index is 1.20. The lowest BCUT2D eigenvalue weighted by Crippen LogP contribution is -2.69. The number of carbonyl (C=O) groups excluding carboxylic acids is 1. The van der Waals surface area contributed by atoms with Crippen LogP contribution in [0.15, 0.2) is 41.8 Å². The Hall–Kier alpha value is -3.48. The van der Waals surface area contributed by atoms with Crippen LogP contribution in [0.25, 0.3) is 0 Å². The summed E-state index contributed by atoms with van der Waals surface area (Å²) < 4.78 is 44.2. The van der Waals surface area contributed by atoms with Crippen molar-refractivity contribution in [1.29, 1.82) is 5.26 Å². The summed E-state index contributed by atoms with van der Waals surface area (Å²) in [6.07, 6.45) is 2.48. The zero-order valence-electron chi connectivity index (χ0n) is 16.8. The van der Waals surface area contributed by atoms with Crippen molar-refractivity contribution in [1.82, 2.24) is 15.0 Å². The van der Waals surface area contributed by atoms with Crippen molar-refractivity contribution in [3.8, 4) is 11.9 Å². The van der Waals surface area contributed by atoms with Crippen LogP contribution in [-0.4, -0.2) is 33.7 Å². The maximum atomic E-state index is 13.2. The van der Waals surface area contributed by atoms with E-state index in [2.05, 4.69) is 15.1 Å². The first kappa shape index (κ1) is 20.4. The summed E-state index contributed by atoms with van der Waals surface area (Å²) in [5.74, 6) is 0.247. The molecule has 1 atom stereocenters. The number of amides is 1. The van der Waals surface area contributed by atoms with Gasteiger partial charge in [0.15, 0.2) is 5.69 Å². The van der Waals surface area contributed by atoms with E-state index in [0.717, 1.165) is 12.1 Å². The van der Waals surface area contributed by atoms with Gasteiger partial charge in [0, 0.05) is 18.1 Å². The van der Waals surface area contributed by atoms with E-state index in [-0.39, 0.29) is 23.1 Å². The number of nitriles is 1. The first-order valence-corrected chi connectivity index (χ1v) is 10.1. The molecule has 0 radical (unpaired) electrons. The molecule has 4 aliphatic rings. The summed E-state index contributed by atoms with van der Waals surface area (Å²) in [5, 5.41) is 14.4. The van der Waals surface area contributed by atoms with E-state index in [4.69, 9.17) is 10.00 Å². The van der Waals surface area contributed by atoms with Crippen LogP contribution >= 0.6 is 0 Å². The summed E-state index contributed by atoms with van der Waals surface area (Å²) in [6, 6.07) is 6.41. The van der Waals surface area contributed by atoms with Gasteiger partial charge >= 0.3 is 6.18 Å². The normalized spacial score (nSPS) is 27.9. The number of hydrazone groups is 1. The first-order chi connectivity index (χ1) is 15.2. The molecule has 1 amide bonds. The van der Waals surface area contributed by atoms with Gasteiger partial charge in [-0.2, -0.15) is 23.5 Å². The topological polar surface area (TPSA) is 91.5 Å². The van der Waals surface area contributed by atoms with E-state index in [1.165, 1.54) is 29.5 Å². The minimum Gasteiger partial charge on any atom is -0.476 e. The average Bonchev–Trinajstić information content (AvgIpc) is 3.21. The highest BCUT2D eigenvalue weighted by molar-refractivity contribution is 5.88. The van der Waals surface area contributed by atoms with Gasteiger partial charge in [-0.15, -0.1) is 0 Å². The van der Waals surface area contributed by atoms with E-state index in [9.17, 15) is 18.0 Å². The van der Waals surface area contributed by atoms with Gasteiger partial charge < -0.3 is 4.74 Å². The molecule has 0 spiro atoms. The first-order valence-electron chi connectivity index (χ1n) is 10.1. The van der Waals surface area contributed by atoms with Gasteiger partial charge in [-0.1, -0.05) is 12.1 Å². The Kier molecular flexibility index (Phi) is 4.48. The average molecular weight is 441 g/mol. The largest absolute Gasteiger partial charge is 0.476 e. The number of carbonyl (C=O) groups is 1. The zero-order chi connectivity index (χ0) is 22.6. The summed E-state index contributed by atoms with van der Waals surface area (Å²) in [6.45, 7) is 0.411. The van der Waals surface area contributed by atoms with E-state index < -0.39 is 17.2 Å². The van der Waals surface area contributed by atoms with Crippen LogP contribution in [0.3, 0.4) is 0 Å². The Morgan fingerprint density at radius 2 is 1.91 bits per heavy atom. The molecule has 1 aromatic heterocycles. The van der Waals surface area contributed by atoms with Crippen LogP contribution in [0.2, 0.25) is 0 Å². The van der Waals surface area contributed by atoms with E-state index >= 15 is 0 Å². The molecule has 164 valence electrons. The number of halogens is 3. The Morgan fingerprint density at radius 1 is 1.19 bits per heavy atom. The van der Waals surface area contributed by atoms with Gasteiger partial charge in [0.05, 0.1) is 36.0 Å². The fourth-order valence-corrected chi connectivity index (χ4v) is 5.08. The van der Waals surface area contributed by atoms with Crippen LogP contribution in [0.5, 0.6) is 5.88 Å². The highest BCUT2D eigenvalue weighted by atomic mass is 19.4. The van der Waals surface area contributed by atoms with Gasteiger partial charge in [-0.3, -0.25) is 4.79 Å². The summed E-state index contributed by atoms with van der Waals surface area (Å²) in [5.41, 5.74) is -0.440. The maximum absolute atomic E-state index is 13.2. The Labute approximate surface area is 181 Å². The molecule has 0 N–H and O–H groups in total. The fraction of sp³-hybridized carbons (Fsp3) is 0.409. The molecule has 2 aromatic rings. The molecule has 1 unspecified atom stereocenters. The van der Waals surface area contributed by atoms with E-state index in [1.807, 2.05) is 6.07 Å². The number of hydrogen-bond acceptors (Lipinski definition) is 6. The number of nitrogens with zero attached hydrogens (tertiary/aromatic N) is 5. The zero-order valence-corrected chi connectivity index (χ0v) is 16.8. The number of aromatic nitrogens is 2. The summed E-state index contributed by atoms with van der Waals surface area (Å²) in [4.78, 5) is 21.2. The maximum Gasteiger partial charge on any atom is 0.416 e. The third kappa shape index (κ3) is 3.28. The molecule has 3 fully saturated rings. The SMILES string of the molecule is N#Cc1cnc(OCC23CC(C(=O)N4N=CCC4c4ccc(C(F)(F)F)cc4)(C2)C3)cn1.